The fraction of sp³-hybridized carbons (Fsp3) is 0.462. The molecule has 2 fully saturated rings. The van der Waals surface area contributed by atoms with E-state index in [0.29, 0.717) is 37.4 Å². The summed E-state index contributed by atoms with van der Waals surface area (Å²) in [7, 11) is -2.31. The number of benzene rings is 2. The normalized spacial score (nSPS) is 17.1. The Morgan fingerprint density at radius 1 is 0.914 bits per heavy atom. The maximum Gasteiger partial charge on any atom is 0.259 e. The Morgan fingerprint density at radius 2 is 1.57 bits per heavy atom. The van der Waals surface area contributed by atoms with Crippen LogP contribution >= 0.6 is 0 Å². The Kier molecular flexibility index (Phi) is 7.76. The van der Waals surface area contributed by atoms with Gasteiger partial charge in [0.25, 0.3) is 11.8 Å². The number of hydrogen-bond acceptors (Lipinski definition) is 5. The molecule has 2 aliphatic heterocycles. The number of methoxy groups -OCH3 is 1. The third-order valence-corrected chi connectivity index (χ3v) is 8.64. The standard InChI is InChI=1S/C26H33N3O5S/c1-19-10-9-11-22(24(19)26(31)28-14-7-8-15-28)27-25(30)21-18-20(12-13-23(21)34-2)35(32,33)29-16-5-3-4-6-17-29/h9-13,18H,3-8,14-17H2,1-2H3,(H,27,30). The summed E-state index contributed by atoms with van der Waals surface area (Å²) in [5.74, 6) is -0.381. The van der Waals surface area contributed by atoms with E-state index in [2.05, 4.69) is 5.32 Å². The molecule has 9 heteroatoms. The number of nitrogens with zero attached hydrogens (tertiary/aromatic N) is 2. The Bertz CT molecular complexity index is 1200. The van der Waals surface area contributed by atoms with Gasteiger partial charge in [-0.15, -0.1) is 0 Å². The molecule has 8 nitrogen and oxygen atoms in total. The van der Waals surface area contributed by atoms with Gasteiger partial charge >= 0.3 is 0 Å². The third kappa shape index (κ3) is 5.36. The second kappa shape index (κ2) is 10.8. The smallest absolute Gasteiger partial charge is 0.259 e. The molecular formula is C26H33N3O5S. The zero-order valence-corrected chi connectivity index (χ0v) is 21.2. The third-order valence-electron chi connectivity index (χ3n) is 6.75. The lowest BCUT2D eigenvalue weighted by atomic mass is 10.0. The van der Waals surface area contributed by atoms with Gasteiger partial charge in [0, 0.05) is 26.2 Å². The summed E-state index contributed by atoms with van der Waals surface area (Å²) < 4.78 is 33.5. The van der Waals surface area contributed by atoms with Gasteiger partial charge in [-0.3, -0.25) is 9.59 Å². The van der Waals surface area contributed by atoms with Crippen molar-refractivity contribution in [2.24, 2.45) is 0 Å². The van der Waals surface area contributed by atoms with Gasteiger partial charge in [0.15, 0.2) is 0 Å². The second-order valence-electron chi connectivity index (χ2n) is 9.13. The number of nitrogens with one attached hydrogen (secondary N) is 1. The van der Waals surface area contributed by atoms with Gasteiger partial charge in [-0.1, -0.05) is 25.0 Å². The molecule has 2 aliphatic rings. The largest absolute Gasteiger partial charge is 0.496 e. The van der Waals surface area contributed by atoms with Gasteiger partial charge in [0.05, 0.1) is 28.8 Å². The van der Waals surface area contributed by atoms with Gasteiger partial charge in [-0.25, -0.2) is 8.42 Å². The first-order chi connectivity index (χ1) is 16.8. The number of ether oxygens (including phenoxy) is 1. The summed E-state index contributed by atoms with van der Waals surface area (Å²) in [5.41, 5.74) is 1.72. The van der Waals surface area contributed by atoms with Crippen molar-refractivity contribution in [2.45, 2.75) is 50.3 Å². The minimum Gasteiger partial charge on any atom is -0.496 e. The number of anilines is 1. The van der Waals surface area contributed by atoms with Crippen LogP contribution in [0.25, 0.3) is 0 Å². The number of carbonyl (C=O) groups excluding carboxylic acids is 2. The quantitative estimate of drug-likeness (QED) is 0.647. The molecule has 35 heavy (non-hydrogen) atoms. The molecule has 0 radical (unpaired) electrons. The molecule has 1 N–H and O–H groups in total. The topological polar surface area (TPSA) is 96.0 Å². The highest BCUT2D eigenvalue weighted by molar-refractivity contribution is 7.89. The van der Waals surface area contributed by atoms with E-state index >= 15 is 0 Å². The van der Waals surface area contributed by atoms with Crippen molar-refractivity contribution >= 4 is 27.5 Å². The molecule has 0 bridgehead atoms. The van der Waals surface area contributed by atoms with Gasteiger partial charge in [0.1, 0.15) is 5.75 Å². The molecule has 0 saturated carbocycles. The Labute approximate surface area is 207 Å². The molecule has 188 valence electrons. The molecule has 2 aromatic carbocycles. The van der Waals surface area contributed by atoms with Crippen LogP contribution in [0.4, 0.5) is 5.69 Å². The van der Waals surface area contributed by atoms with E-state index in [-0.39, 0.29) is 22.1 Å². The maximum atomic E-state index is 13.4. The highest BCUT2D eigenvalue weighted by Crippen LogP contribution is 2.29. The van der Waals surface area contributed by atoms with Crippen molar-refractivity contribution < 1.29 is 22.7 Å². The number of hydrogen-bond donors (Lipinski definition) is 1. The molecule has 4 rings (SSSR count). The van der Waals surface area contributed by atoms with Crippen LogP contribution in [0.2, 0.25) is 0 Å². The first kappa shape index (κ1) is 25.2. The Hall–Kier alpha value is -2.91. The lowest BCUT2D eigenvalue weighted by molar-refractivity contribution is 0.0793. The summed E-state index contributed by atoms with van der Waals surface area (Å²) in [6.45, 7) is 4.19. The molecule has 0 aromatic heterocycles. The predicted octanol–water partition coefficient (Wildman–Crippen LogP) is 4.06. The maximum absolute atomic E-state index is 13.4. The van der Waals surface area contributed by atoms with E-state index in [4.69, 9.17) is 4.74 Å². The number of amides is 2. The second-order valence-corrected chi connectivity index (χ2v) is 11.1. The number of aryl methyl sites for hydroxylation is 1. The van der Waals surface area contributed by atoms with Crippen LogP contribution in [-0.2, 0) is 10.0 Å². The zero-order valence-electron chi connectivity index (χ0n) is 20.4. The molecule has 0 unspecified atom stereocenters. The summed E-state index contributed by atoms with van der Waals surface area (Å²) >= 11 is 0. The first-order valence-corrected chi connectivity index (χ1v) is 13.7. The lowest BCUT2D eigenvalue weighted by Gasteiger charge is -2.21. The van der Waals surface area contributed by atoms with Gasteiger partial charge in [-0.05, 0) is 62.4 Å². The van der Waals surface area contributed by atoms with Crippen molar-refractivity contribution in [3.05, 3.63) is 53.1 Å². The number of likely N-dealkylation sites (tertiary alicyclic amines) is 1. The molecule has 0 aliphatic carbocycles. The van der Waals surface area contributed by atoms with Crippen molar-refractivity contribution in [1.29, 1.82) is 0 Å². The summed E-state index contributed by atoms with van der Waals surface area (Å²) in [4.78, 5) is 28.4. The highest BCUT2D eigenvalue weighted by Gasteiger charge is 2.28. The van der Waals surface area contributed by atoms with E-state index < -0.39 is 15.9 Å². The molecule has 2 aromatic rings. The highest BCUT2D eigenvalue weighted by atomic mass is 32.2. The van der Waals surface area contributed by atoms with Crippen LogP contribution in [0, 0.1) is 6.92 Å². The Balaban J connectivity index is 1.65. The summed E-state index contributed by atoms with van der Waals surface area (Å²) in [5, 5.41) is 2.84. The average molecular weight is 500 g/mol. The van der Waals surface area contributed by atoms with E-state index in [9.17, 15) is 18.0 Å². The number of carbonyl (C=O) groups is 2. The van der Waals surface area contributed by atoms with E-state index in [1.165, 1.54) is 29.6 Å². The minimum absolute atomic E-state index is 0.0583. The van der Waals surface area contributed by atoms with Crippen LogP contribution in [0.3, 0.4) is 0 Å². The molecule has 2 amide bonds. The summed E-state index contributed by atoms with van der Waals surface area (Å²) in [6, 6.07) is 9.67. The number of sulfonamides is 1. The first-order valence-electron chi connectivity index (χ1n) is 12.2. The van der Waals surface area contributed by atoms with Gasteiger partial charge in [-0.2, -0.15) is 4.31 Å². The van der Waals surface area contributed by atoms with Gasteiger partial charge in [0.2, 0.25) is 10.0 Å². The molecule has 2 heterocycles. The van der Waals surface area contributed by atoms with Crippen LogP contribution in [0.1, 0.15) is 64.8 Å². The summed E-state index contributed by atoms with van der Waals surface area (Å²) in [6.07, 6.45) is 5.60. The molecular weight excluding hydrogens is 466 g/mol. The van der Waals surface area contributed by atoms with E-state index in [0.717, 1.165) is 44.1 Å². The average Bonchev–Trinajstić information content (AvgIpc) is 3.25. The van der Waals surface area contributed by atoms with E-state index in [1.54, 1.807) is 17.0 Å². The van der Waals surface area contributed by atoms with Crippen molar-refractivity contribution in [3.8, 4) is 5.75 Å². The van der Waals surface area contributed by atoms with Gasteiger partial charge < -0.3 is 15.0 Å². The van der Waals surface area contributed by atoms with Crippen molar-refractivity contribution in [3.63, 3.8) is 0 Å². The van der Waals surface area contributed by atoms with Crippen LogP contribution in [-0.4, -0.2) is 62.7 Å². The van der Waals surface area contributed by atoms with Crippen LogP contribution in [0.5, 0.6) is 5.75 Å². The lowest BCUT2D eigenvalue weighted by Crippen LogP contribution is -2.32. The Morgan fingerprint density at radius 3 is 2.23 bits per heavy atom. The molecule has 0 atom stereocenters. The van der Waals surface area contributed by atoms with Crippen molar-refractivity contribution in [1.82, 2.24) is 9.21 Å². The fourth-order valence-corrected chi connectivity index (χ4v) is 6.32. The van der Waals surface area contributed by atoms with E-state index in [1.807, 2.05) is 13.0 Å². The minimum atomic E-state index is -3.74. The molecule has 2 saturated heterocycles. The van der Waals surface area contributed by atoms with Crippen molar-refractivity contribution in [2.75, 3.05) is 38.6 Å². The SMILES string of the molecule is COc1ccc(S(=O)(=O)N2CCCCCC2)cc1C(=O)Nc1cccc(C)c1C(=O)N1CCCC1. The molecule has 0 spiro atoms. The monoisotopic (exact) mass is 499 g/mol. The van der Waals surface area contributed by atoms with Crippen LogP contribution < -0.4 is 10.1 Å². The zero-order chi connectivity index (χ0) is 25.0. The number of rotatable bonds is 6. The predicted molar refractivity (Wildman–Crippen MR) is 134 cm³/mol. The fourth-order valence-electron chi connectivity index (χ4n) is 4.78. The van der Waals surface area contributed by atoms with Crippen LogP contribution in [0.15, 0.2) is 41.3 Å².